The van der Waals surface area contributed by atoms with Crippen molar-refractivity contribution in [1.29, 1.82) is 0 Å². The average molecular weight is 325 g/mol. The van der Waals surface area contributed by atoms with Crippen molar-refractivity contribution in [3.8, 4) is 0 Å². The fourth-order valence-electron chi connectivity index (χ4n) is 0.972. The van der Waals surface area contributed by atoms with Crippen molar-refractivity contribution in [1.82, 2.24) is 9.71 Å². The van der Waals surface area contributed by atoms with Crippen LogP contribution < -0.4 is 4.72 Å². The summed E-state index contributed by atoms with van der Waals surface area (Å²) in [5, 5.41) is 0.928. The third-order valence-electron chi connectivity index (χ3n) is 1.92. The van der Waals surface area contributed by atoms with Gasteiger partial charge in [0.25, 0.3) is 0 Å². The maximum atomic E-state index is 12.0. The highest BCUT2D eigenvalue weighted by atomic mass is 79.9. The van der Waals surface area contributed by atoms with E-state index in [9.17, 15) is 4.21 Å². The molecule has 0 bridgehead atoms. The van der Waals surface area contributed by atoms with Gasteiger partial charge in [0.1, 0.15) is 5.01 Å². The molecule has 0 aliphatic heterocycles. The van der Waals surface area contributed by atoms with Gasteiger partial charge in [0.15, 0.2) is 0 Å². The van der Waals surface area contributed by atoms with Crippen LogP contribution in [0.2, 0.25) is 0 Å². The molecule has 0 aromatic carbocycles. The summed E-state index contributed by atoms with van der Waals surface area (Å²) < 4.78 is 15.9. The van der Waals surface area contributed by atoms with Crippen molar-refractivity contribution in [2.24, 2.45) is 0 Å². The van der Waals surface area contributed by atoms with Gasteiger partial charge in [-0.2, -0.15) is 0 Å². The number of hydrogen-bond acceptors (Lipinski definition) is 3. The topological polar surface area (TPSA) is 42.0 Å². The van der Waals surface area contributed by atoms with E-state index < -0.39 is 11.0 Å². The van der Waals surface area contributed by atoms with Gasteiger partial charge in [0.05, 0.1) is 31.3 Å². The van der Waals surface area contributed by atoms with E-state index in [0.29, 0.717) is 0 Å². The van der Waals surface area contributed by atoms with E-state index in [1.807, 2.05) is 34.6 Å². The second-order valence-electron chi connectivity index (χ2n) is 5.08. The van der Waals surface area contributed by atoms with Crippen LogP contribution in [-0.4, -0.2) is 13.9 Å². The smallest absolute Gasteiger partial charge is 0.114 e. The van der Waals surface area contributed by atoms with Crippen LogP contribution >= 0.6 is 27.3 Å². The first kappa shape index (κ1) is 14.3. The van der Waals surface area contributed by atoms with Gasteiger partial charge in [-0.25, -0.2) is 13.9 Å². The first-order chi connectivity index (χ1) is 7.13. The fraction of sp³-hybridized carbons (Fsp3) is 0.700. The first-order valence-corrected chi connectivity index (χ1v) is 7.70. The molecular weight excluding hydrogens is 308 g/mol. The van der Waals surface area contributed by atoms with Gasteiger partial charge in [-0.15, -0.1) is 11.3 Å². The summed E-state index contributed by atoms with van der Waals surface area (Å²) in [6.45, 7) is 9.82. The summed E-state index contributed by atoms with van der Waals surface area (Å²) in [5.74, 6) is 0. The molecule has 0 aliphatic rings. The van der Waals surface area contributed by atoms with Gasteiger partial charge in [-0.3, -0.25) is 0 Å². The predicted molar refractivity (Wildman–Crippen MR) is 73.9 cm³/mol. The molecule has 0 spiro atoms. The molecule has 0 aliphatic carbocycles. The number of aromatic nitrogens is 1. The van der Waals surface area contributed by atoms with Crippen LogP contribution in [0.25, 0.3) is 0 Å². The minimum Gasteiger partial charge on any atom is -0.246 e. The largest absolute Gasteiger partial charge is 0.246 e. The number of rotatable bonds is 3. The summed E-state index contributed by atoms with van der Waals surface area (Å²) in [6, 6.07) is 0. The number of nitrogens with one attached hydrogen (secondary N) is 1. The zero-order chi connectivity index (χ0) is 12.6. The lowest BCUT2D eigenvalue weighted by molar-refractivity contribution is 0.484. The van der Waals surface area contributed by atoms with Crippen LogP contribution in [0.15, 0.2) is 9.98 Å². The van der Waals surface area contributed by atoms with Crippen LogP contribution in [0.3, 0.4) is 0 Å². The molecule has 16 heavy (non-hydrogen) atoms. The molecule has 0 amide bonds. The lowest BCUT2D eigenvalue weighted by Crippen LogP contribution is -2.44. The first-order valence-electron chi connectivity index (χ1n) is 4.94. The second kappa shape index (κ2) is 4.84. The molecule has 1 atom stereocenters. The van der Waals surface area contributed by atoms with E-state index in [0.717, 1.165) is 8.79 Å². The molecular formula is C10H17BrN2OS2. The zero-order valence-electron chi connectivity index (χ0n) is 10.1. The predicted octanol–water partition coefficient (Wildman–Crippen LogP) is 3.19. The van der Waals surface area contributed by atoms with Gasteiger partial charge in [-0.1, -0.05) is 0 Å². The van der Waals surface area contributed by atoms with E-state index in [1.54, 1.807) is 17.5 Å². The van der Waals surface area contributed by atoms with E-state index in [2.05, 4.69) is 25.6 Å². The normalized spacial score (nSPS) is 15.1. The van der Waals surface area contributed by atoms with Crippen molar-refractivity contribution in [2.75, 3.05) is 0 Å². The molecule has 1 aromatic rings. The summed E-state index contributed by atoms with van der Waals surface area (Å²) >= 11 is 4.94. The number of nitrogens with zero attached hydrogens (tertiary/aromatic N) is 1. The highest BCUT2D eigenvalue weighted by molar-refractivity contribution is 9.11. The number of thiazole rings is 1. The lowest BCUT2D eigenvalue weighted by atomic mass is 10.1. The van der Waals surface area contributed by atoms with Gasteiger partial charge in [-0.05, 0) is 50.5 Å². The minimum atomic E-state index is -1.10. The molecule has 1 N–H and O–H groups in total. The minimum absolute atomic E-state index is 0.272. The molecule has 0 fully saturated rings. The molecule has 3 nitrogen and oxygen atoms in total. The third-order valence-corrected chi connectivity index (χ3v) is 5.52. The molecule has 0 radical (unpaired) electrons. The maximum absolute atomic E-state index is 12.0. The standard InChI is InChI=1S/C10H17BrN2OS2/c1-9(2,3)16(14)13-10(4,5)8-12-6-7(11)15-8/h6,13H,1-5H3. The summed E-state index contributed by atoms with van der Waals surface area (Å²) in [5.41, 5.74) is -0.380. The van der Waals surface area contributed by atoms with E-state index in [4.69, 9.17) is 0 Å². The monoisotopic (exact) mass is 324 g/mol. The van der Waals surface area contributed by atoms with Crippen molar-refractivity contribution < 1.29 is 4.21 Å². The van der Waals surface area contributed by atoms with Crippen LogP contribution in [0, 0.1) is 0 Å². The Hall–Kier alpha value is 0.220. The van der Waals surface area contributed by atoms with E-state index >= 15 is 0 Å². The van der Waals surface area contributed by atoms with Crippen molar-refractivity contribution >= 4 is 38.3 Å². The van der Waals surface area contributed by atoms with Gasteiger partial charge < -0.3 is 0 Å². The highest BCUT2D eigenvalue weighted by Gasteiger charge is 2.30. The Balaban J connectivity index is 2.84. The molecule has 1 rings (SSSR count). The van der Waals surface area contributed by atoms with Gasteiger partial charge in [0.2, 0.25) is 0 Å². The molecule has 0 saturated carbocycles. The van der Waals surface area contributed by atoms with E-state index in [-0.39, 0.29) is 10.3 Å². The Morgan fingerprint density at radius 1 is 1.38 bits per heavy atom. The number of halogens is 1. The lowest BCUT2D eigenvalue weighted by Gasteiger charge is -2.28. The Morgan fingerprint density at radius 3 is 2.31 bits per heavy atom. The SMILES string of the molecule is CC(C)(NS(=O)C(C)(C)C)c1ncc(Br)s1. The molecule has 92 valence electrons. The maximum Gasteiger partial charge on any atom is 0.114 e. The molecule has 1 heterocycles. The van der Waals surface area contributed by atoms with E-state index in [1.165, 1.54) is 0 Å². The average Bonchev–Trinajstić information content (AvgIpc) is 2.49. The summed E-state index contributed by atoms with van der Waals surface area (Å²) in [7, 11) is -1.10. The van der Waals surface area contributed by atoms with Crippen molar-refractivity contribution in [2.45, 2.75) is 44.9 Å². The Labute approximate surface area is 112 Å². The second-order valence-corrected chi connectivity index (χ2v) is 9.45. The highest BCUT2D eigenvalue weighted by Crippen LogP contribution is 2.29. The molecule has 6 heteroatoms. The quantitative estimate of drug-likeness (QED) is 0.927. The van der Waals surface area contributed by atoms with Gasteiger partial charge >= 0.3 is 0 Å². The molecule has 1 aromatic heterocycles. The number of hydrogen-bond donors (Lipinski definition) is 1. The Bertz CT molecular complexity index is 396. The van der Waals surface area contributed by atoms with Gasteiger partial charge in [0, 0.05) is 0 Å². The van der Waals surface area contributed by atoms with Crippen molar-refractivity contribution in [3.63, 3.8) is 0 Å². The molecule has 1 unspecified atom stereocenters. The van der Waals surface area contributed by atoms with Crippen LogP contribution in [0.4, 0.5) is 0 Å². The summed E-state index contributed by atoms with van der Waals surface area (Å²) in [4.78, 5) is 4.30. The Morgan fingerprint density at radius 2 is 1.94 bits per heavy atom. The zero-order valence-corrected chi connectivity index (χ0v) is 13.3. The molecule has 0 saturated heterocycles. The van der Waals surface area contributed by atoms with Crippen LogP contribution in [0.1, 0.15) is 39.6 Å². The third kappa shape index (κ3) is 3.61. The Kier molecular flexibility index (Phi) is 4.32. The van der Waals surface area contributed by atoms with Crippen LogP contribution in [-0.2, 0) is 16.5 Å². The fourth-order valence-corrected chi connectivity index (χ4v) is 3.17. The van der Waals surface area contributed by atoms with Crippen molar-refractivity contribution in [3.05, 3.63) is 15.0 Å². The summed E-state index contributed by atoms with van der Waals surface area (Å²) in [6.07, 6.45) is 1.77. The van der Waals surface area contributed by atoms with Crippen LogP contribution in [0.5, 0.6) is 0 Å².